The van der Waals surface area contributed by atoms with Crippen LogP contribution in [0.25, 0.3) is 0 Å². The molecule has 1 aliphatic rings. The van der Waals surface area contributed by atoms with E-state index in [1.807, 2.05) is 0 Å². The van der Waals surface area contributed by atoms with Gasteiger partial charge in [0.15, 0.2) is 0 Å². The summed E-state index contributed by atoms with van der Waals surface area (Å²) in [7, 11) is -2.07. The Hall–Kier alpha value is -1.51. The summed E-state index contributed by atoms with van der Waals surface area (Å²) in [6.45, 7) is 4.79. The van der Waals surface area contributed by atoms with Gasteiger partial charge in [-0.3, -0.25) is 10.1 Å². The van der Waals surface area contributed by atoms with Crippen LogP contribution in [0.3, 0.4) is 0 Å². The molecule has 1 fully saturated rings. The maximum Gasteiger partial charge on any atom is 0.270 e. The molecular formula is C14H21N3O4S. The zero-order chi connectivity index (χ0) is 16.5. The van der Waals surface area contributed by atoms with Crippen LogP contribution in [0.2, 0.25) is 0 Å². The Morgan fingerprint density at radius 2 is 1.73 bits per heavy atom. The van der Waals surface area contributed by atoms with Crippen molar-refractivity contribution in [1.29, 1.82) is 0 Å². The van der Waals surface area contributed by atoms with E-state index in [9.17, 15) is 18.5 Å². The van der Waals surface area contributed by atoms with Crippen molar-refractivity contribution < 1.29 is 13.3 Å². The van der Waals surface area contributed by atoms with Crippen LogP contribution in [-0.2, 0) is 10.0 Å². The zero-order valence-electron chi connectivity index (χ0n) is 13.0. The van der Waals surface area contributed by atoms with Crippen molar-refractivity contribution in [1.82, 2.24) is 9.62 Å². The molecule has 1 saturated heterocycles. The van der Waals surface area contributed by atoms with Crippen LogP contribution >= 0.6 is 0 Å². The predicted molar refractivity (Wildman–Crippen MR) is 83.4 cm³/mol. The number of hydrogen-bond acceptors (Lipinski definition) is 5. The first-order valence-electron chi connectivity index (χ1n) is 7.19. The molecule has 1 aromatic carbocycles. The smallest absolute Gasteiger partial charge is 0.270 e. The molecule has 0 radical (unpaired) electrons. The van der Waals surface area contributed by atoms with E-state index in [4.69, 9.17) is 0 Å². The molecule has 8 heteroatoms. The topological polar surface area (TPSA) is 92.5 Å². The molecule has 0 amide bonds. The Kier molecular flexibility index (Phi) is 4.84. The average molecular weight is 327 g/mol. The number of nitro groups is 1. The first kappa shape index (κ1) is 16.9. The number of sulfonamides is 1. The normalized spacial score (nSPS) is 16.9. The van der Waals surface area contributed by atoms with Gasteiger partial charge in [0.05, 0.1) is 9.82 Å². The van der Waals surface area contributed by atoms with E-state index in [0.29, 0.717) is 11.1 Å². The number of piperidine rings is 1. The van der Waals surface area contributed by atoms with Crippen molar-refractivity contribution in [3.8, 4) is 0 Å². The van der Waals surface area contributed by atoms with Crippen molar-refractivity contribution in [2.24, 2.45) is 0 Å². The van der Waals surface area contributed by atoms with Crippen molar-refractivity contribution in [2.75, 3.05) is 20.1 Å². The molecule has 1 heterocycles. The molecule has 1 aliphatic heterocycles. The number of rotatable bonds is 4. The van der Waals surface area contributed by atoms with Crippen LogP contribution in [0.1, 0.15) is 24.0 Å². The maximum absolute atomic E-state index is 12.9. The van der Waals surface area contributed by atoms with Crippen molar-refractivity contribution in [2.45, 2.75) is 37.6 Å². The average Bonchev–Trinajstić information content (AvgIpc) is 2.46. The second-order valence-electron chi connectivity index (χ2n) is 5.67. The van der Waals surface area contributed by atoms with Gasteiger partial charge in [0.1, 0.15) is 0 Å². The van der Waals surface area contributed by atoms with Gasteiger partial charge in [-0.25, -0.2) is 8.42 Å². The summed E-state index contributed by atoms with van der Waals surface area (Å²) in [6, 6.07) is 2.59. The highest BCUT2D eigenvalue weighted by atomic mass is 32.2. The minimum absolute atomic E-state index is 0.0414. The molecule has 0 saturated carbocycles. The number of non-ortho nitro benzene ring substituents is 1. The molecule has 0 aromatic heterocycles. The van der Waals surface area contributed by atoms with Gasteiger partial charge in [0.25, 0.3) is 5.69 Å². The van der Waals surface area contributed by atoms with Crippen molar-refractivity contribution in [3.63, 3.8) is 0 Å². The second-order valence-corrected chi connectivity index (χ2v) is 7.60. The lowest BCUT2D eigenvalue weighted by Gasteiger charge is -2.31. The molecule has 122 valence electrons. The molecule has 0 aliphatic carbocycles. The largest absolute Gasteiger partial charge is 0.317 e. The number of aryl methyl sites for hydroxylation is 2. The van der Waals surface area contributed by atoms with E-state index in [0.717, 1.165) is 25.9 Å². The standard InChI is InChI=1S/C14H21N3O4S/c1-10-8-13(17(18)19)9-11(2)14(10)22(20,21)16(3)12-4-6-15-7-5-12/h8-9,12,15H,4-7H2,1-3H3. The fraction of sp³-hybridized carbons (Fsp3) is 0.571. The lowest BCUT2D eigenvalue weighted by molar-refractivity contribution is -0.385. The van der Waals surface area contributed by atoms with Crippen LogP contribution in [0.4, 0.5) is 5.69 Å². The van der Waals surface area contributed by atoms with Crippen LogP contribution in [-0.4, -0.2) is 43.8 Å². The number of nitro benzene ring substituents is 1. The third-order valence-electron chi connectivity index (χ3n) is 4.12. The summed E-state index contributed by atoms with van der Waals surface area (Å²) in [5.74, 6) is 0. The lowest BCUT2D eigenvalue weighted by Crippen LogP contribution is -2.44. The fourth-order valence-electron chi connectivity index (χ4n) is 2.95. The molecule has 0 unspecified atom stereocenters. The highest BCUT2D eigenvalue weighted by Gasteiger charge is 2.32. The van der Waals surface area contributed by atoms with Crippen LogP contribution < -0.4 is 5.32 Å². The highest BCUT2D eigenvalue weighted by Crippen LogP contribution is 2.29. The molecule has 0 spiro atoms. The van der Waals surface area contributed by atoms with Gasteiger partial charge in [0, 0.05) is 25.2 Å². The van der Waals surface area contributed by atoms with Gasteiger partial charge >= 0.3 is 0 Å². The SMILES string of the molecule is Cc1cc([N+](=O)[O-])cc(C)c1S(=O)(=O)N(C)C1CCNCC1. The molecular weight excluding hydrogens is 306 g/mol. The molecule has 2 rings (SSSR count). The van der Waals surface area contributed by atoms with Gasteiger partial charge in [-0.2, -0.15) is 4.31 Å². The Labute approximate surface area is 130 Å². The van der Waals surface area contributed by atoms with E-state index >= 15 is 0 Å². The van der Waals surface area contributed by atoms with E-state index < -0.39 is 14.9 Å². The van der Waals surface area contributed by atoms with Gasteiger partial charge < -0.3 is 5.32 Å². The quantitative estimate of drug-likeness (QED) is 0.669. The van der Waals surface area contributed by atoms with Crippen molar-refractivity contribution >= 4 is 15.7 Å². The third kappa shape index (κ3) is 3.13. The fourth-order valence-corrected chi connectivity index (χ4v) is 4.77. The Bertz CT molecular complexity index is 658. The van der Waals surface area contributed by atoms with E-state index in [-0.39, 0.29) is 16.6 Å². The monoisotopic (exact) mass is 327 g/mol. The summed E-state index contributed by atoms with van der Waals surface area (Å²) in [4.78, 5) is 10.6. The Morgan fingerprint density at radius 3 is 2.18 bits per heavy atom. The molecule has 7 nitrogen and oxygen atoms in total. The first-order chi connectivity index (χ1) is 10.2. The second kappa shape index (κ2) is 6.31. The van der Waals surface area contributed by atoms with Crippen molar-refractivity contribution in [3.05, 3.63) is 33.4 Å². The minimum Gasteiger partial charge on any atom is -0.317 e. The number of hydrogen-bond donors (Lipinski definition) is 1. The highest BCUT2D eigenvalue weighted by molar-refractivity contribution is 7.89. The molecule has 0 atom stereocenters. The zero-order valence-corrected chi connectivity index (χ0v) is 13.8. The number of benzene rings is 1. The summed E-state index contributed by atoms with van der Waals surface area (Å²) in [5, 5.41) is 14.1. The van der Waals surface area contributed by atoms with Crippen LogP contribution in [0.15, 0.2) is 17.0 Å². The summed E-state index contributed by atoms with van der Waals surface area (Å²) >= 11 is 0. The summed E-state index contributed by atoms with van der Waals surface area (Å²) < 4.78 is 27.2. The third-order valence-corrected chi connectivity index (χ3v) is 6.33. The first-order valence-corrected chi connectivity index (χ1v) is 8.63. The Morgan fingerprint density at radius 1 is 1.23 bits per heavy atom. The van der Waals surface area contributed by atoms with Gasteiger partial charge in [-0.05, 0) is 50.9 Å². The molecule has 22 heavy (non-hydrogen) atoms. The molecule has 0 bridgehead atoms. The summed E-state index contributed by atoms with van der Waals surface area (Å²) in [5.41, 5.74) is 0.735. The van der Waals surface area contributed by atoms with E-state index in [2.05, 4.69) is 5.32 Å². The minimum atomic E-state index is -3.66. The molecule has 1 N–H and O–H groups in total. The van der Waals surface area contributed by atoms with Crippen LogP contribution in [0.5, 0.6) is 0 Å². The lowest BCUT2D eigenvalue weighted by atomic mass is 10.1. The van der Waals surface area contributed by atoms with E-state index in [1.165, 1.54) is 16.4 Å². The number of nitrogens with one attached hydrogen (secondary N) is 1. The van der Waals surface area contributed by atoms with Gasteiger partial charge in [-0.15, -0.1) is 0 Å². The van der Waals surface area contributed by atoms with E-state index in [1.54, 1.807) is 20.9 Å². The molecule has 1 aromatic rings. The Balaban J connectivity index is 2.42. The summed E-state index contributed by atoms with van der Waals surface area (Å²) in [6.07, 6.45) is 1.53. The van der Waals surface area contributed by atoms with Crippen LogP contribution in [0, 0.1) is 24.0 Å². The van der Waals surface area contributed by atoms with Gasteiger partial charge in [0.2, 0.25) is 10.0 Å². The van der Waals surface area contributed by atoms with Gasteiger partial charge in [-0.1, -0.05) is 0 Å². The predicted octanol–water partition coefficient (Wildman–Crippen LogP) is 1.58. The maximum atomic E-state index is 12.9. The number of nitrogens with zero attached hydrogens (tertiary/aromatic N) is 2.